The third-order valence-corrected chi connectivity index (χ3v) is 9.26. The molecule has 4 aromatic rings. The van der Waals surface area contributed by atoms with Crippen molar-refractivity contribution in [2.45, 2.75) is 21.6 Å². The SMILES string of the molecule is Cc1cc(C(=C2C=CC(=Nc3ccc(S(=O)(=O)O)cc3)C=C2)c2ccc(Nc3cccc(SOOO)c3)cc2)cc(S(=O)(=O)O)c1N. The lowest BCUT2D eigenvalue weighted by molar-refractivity contribution is -0.432. The summed E-state index contributed by atoms with van der Waals surface area (Å²) in [7, 11) is -8.96. The first-order valence-electron chi connectivity index (χ1n) is 13.6. The van der Waals surface area contributed by atoms with E-state index in [2.05, 4.69) is 19.7 Å². The van der Waals surface area contributed by atoms with Gasteiger partial charge in [0.15, 0.2) is 0 Å². The van der Waals surface area contributed by atoms with Gasteiger partial charge in [-0.3, -0.25) is 9.11 Å². The number of nitrogens with zero attached hydrogens (tertiary/aromatic N) is 1. The first kappa shape index (κ1) is 33.8. The Morgan fingerprint density at radius 3 is 2.11 bits per heavy atom. The molecule has 242 valence electrons. The van der Waals surface area contributed by atoms with E-state index in [4.69, 9.17) is 11.0 Å². The van der Waals surface area contributed by atoms with Crippen LogP contribution < -0.4 is 11.1 Å². The molecule has 0 heterocycles. The second-order valence-corrected chi connectivity index (χ2v) is 13.7. The van der Waals surface area contributed by atoms with Gasteiger partial charge in [-0.15, -0.1) is 4.33 Å². The van der Waals surface area contributed by atoms with Crippen molar-refractivity contribution in [3.05, 3.63) is 131 Å². The lowest BCUT2D eigenvalue weighted by atomic mass is 9.89. The largest absolute Gasteiger partial charge is 0.397 e. The van der Waals surface area contributed by atoms with Gasteiger partial charge in [-0.1, -0.05) is 35.4 Å². The highest BCUT2D eigenvalue weighted by Gasteiger charge is 2.20. The number of nitrogens with two attached hydrogens (primary N) is 1. The Balaban J connectivity index is 1.53. The highest BCUT2D eigenvalue weighted by molar-refractivity contribution is 7.94. The Labute approximate surface area is 275 Å². The van der Waals surface area contributed by atoms with Gasteiger partial charge >= 0.3 is 0 Å². The van der Waals surface area contributed by atoms with E-state index in [0.29, 0.717) is 38.6 Å². The zero-order chi connectivity index (χ0) is 33.8. The number of nitrogens with one attached hydrogen (secondary N) is 1. The Morgan fingerprint density at radius 2 is 1.49 bits per heavy atom. The van der Waals surface area contributed by atoms with E-state index in [0.717, 1.165) is 29.0 Å². The van der Waals surface area contributed by atoms with Gasteiger partial charge < -0.3 is 11.1 Å². The number of aliphatic imine (C=N–C) groups is 1. The van der Waals surface area contributed by atoms with E-state index < -0.39 is 25.1 Å². The van der Waals surface area contributed by atoms with E-state index >= 15 is 0 Å². The van der Waals surface area contributed by atoms with Crippen molar-refractivity contribution in [3.8, 4) is 0 Å². The summed E-state index contributed by atoms with van der Waals surface area (Å²) in [4.78, 5) is 4.53. The molecule has 0 spiro atoms. The first-order chi connectivity index (χ1) is 22.3. The fourth-order valence-electron chi connectivity index (χ4n) is 4.74. The van der Waals surface area contributed by atoms with Gasteiger partial charge in [-0.25, -0.2) is 10.2 Å². The molecule has 0 unspecified atom stereocenters. The number of rotatable bonds is 10. The molecule has 47 heavy (non-hydrogen) atoms. The van der Waals surface area contributed by atoms with Crippen LogP contribution in [0.2, 0.25) is 0 Å². The van der Waals surface area contributed by atoms with Crippen LogP contribution in [0.25, 0.3) is 5.57 Å². The average Bonchev–Trinajstić information content (AvgIpc) is 3.03. The van der Waals surface area contributed by atoms with Crippen molar-refractivity contribution in [3.63, 3.8) is 0 Å². The number of hydrogen-bond acceptors (Lipinski definition) is 11. The van der Waals surface area contributed by atoms with Crippen LogP contribution in [0.1, 0.15) is 16.7 Å². The summed E-state index contributed by atoms with van der Waals surface area (Å²) in [6, 6.07) is 23.1. The fraction of sp³-hybridized carbons (Fsp3) is 0.0312. The van der Waals surface area contributed by atoms with E-state index in [-0.39, 0.29) is 10.6 Å². The summed E-state index contributed by atoms with van der Waals surface area (Å²) in [5.74, 6) is 0. The van der Waals surface area contributed by atoms with Crippen LogP contribution in [-0.4, -0.2) is 36.9 Å². The highest BCUT2D eigenvalue weighted by atomic mass is 32.2. The molecule has 0 saturated carbocycles. The maximum atomic E-state index is 12.2. The number of aryl methyl sites for hydroxylation is 1. The molecule has 0 bridgehead atoms. The Bertz CT molecular complexity index is 2140. The van der Waals surface area contributed by atoms with E-state index in [1.807, 2.05) is 30.3 Å². The molecule has 0 fully saturated rings. The van der Waals surface area contributed by atoms with Crippen LogP contribution >= 0.6 is 12.0 Å². The molecular weight excluding hydrogens is 667 g/mol. The van der Waals surface area contributed by atoms with Crippen molar-refractivity contribution in [1.29, 1.82) is 0 Å². The number of hydrogen-bond donors (Lipinski definition) is 5. The van der Waals surface area contributed by atoms with Crippen molar-refractivity contribution in [2.75, 3.05) is 11.1 Å². The summed E-state index contributed by atoms with van der Waals surface area (Å²) >= 11 is 0.831. The number of benzene rings is 4. The lowest BCUT2D eigenvalue weighted by Crippen LogP contribution is -2.07. The quantitative estimate of drug-likeness (QED) is 0.0377. The summed E-state index contributed by atoms with van der Waals surface area (Å²) in [6.07, 6.45) is 7.08. The molecule has 0 aromatic heterocycles. The number of anilines is 3. The Hall–Kier alpha value is -4.58. The summed E-state index contributed by atoms with van der Waals surface area (Å²) in [5.41, 5.74) is 11.5. The van der Waals surface area contributed by atoms with Crippen LogP contribution in [0.4, 0.5) is 22.7 Å². The van der Waals surface area contributed by atoms with Gasteiger partial charge in [0, 0.05) is 16.3 Å². The molecule has 12 nitrogen and oxygen atoms in total. The second-order valence-electron chi connectivity index (χ2n) is 10.1. The number of allylic oxidation sites excluding steroid dienone is 5. The molecule has 1 aliphatic carbocycles. The van der Waals surface area contributed by atoms with Gasteiger partial charge in [0.25, 0.3) is 20.2 Å². The molecular formula is C32H27N3O9S3. The normalized spacial score (nSPS) is 13.1. The Kier molecular flexibility index (Phi) is 10.1. The topological polar surface area (TPSA) is 198 Å². The summed E-state index contributed by atoms with van der Waals surface area (Å²) in [6.45, 7) is 1.65. The van der Waals surface area contributed by atoms with Crippen molar-refractivity contribution >= 4 is 66.3 Å². The van der Waals surface area contributed by atoms with Crippen molar-refractivity contribution in [1.82, 2.24) is 0 Å². The minimum atomic E-state index is -4.63. The predicted molar refractivity (Wildman–Crippen MR) is 180 cm³/mol. The lowest BCUT2D eigenvalue weighted by Gasteiger charge is -2.17. The molecule has 0 aliphatic heterocycles. The standard InChI is InChI=1S/C32H27N3O9S3/c1-20-17-23(18-30(32(20)33)47(40,41)42)31(21-5-9-24(10-6-21)34-26-13-15-29(16-14-26)46(37,38)39)22-7-11-25(12-8-22)35-27-3-2-4-28(19-27)45-44-43-36/h2-19,35-36H,33H2,1H3,(H,37,38,39)(H,40,41,42). The predicted octanol–water partition coefficient (Wildman–Crippen LogP) is 6.94. The summed E-state index contributed by atoms with van der Waals surface area (Å²) < 4.78 is 70.8. The third-order valence-electron chi connectivity index (χ3n) is 6.92. The molecule has 1 aliphatic rings. The molecule has 15 heteroatoms. The van der Waals surface area contributed by atoms with E-state index in [1.165, 1.54) is 30.3 Å². The van der Waals surface area contributed by atoms with Gasteiger partial charge in [0.1, 0.15) is 4.90 Å². The molecule has 5 rings (SSSR count). The third kappa shape index (κ3) is 8.42. The number of nitrogen functional groups attached to an aromatic ring is 1. The molecule has 0 amide bonds. The molecule has 0 radical (unpaired) electrons. The van der Waals surface area contributed by atoms with Crippen LogP contribution in [0.5, 0.6) is 0 Å². The molecule has 6 N–H and O–H groups in total. The van der Waals surface area contributed by atoms with E-state index in [9.17, 15) is 25.9 Å². The smallest absolute Gasteiger partial charge is 0.296 e. The second kappa shape index (κ2) is 14.0. The minimum Gasteiger partial charge on any atom is -0.397 e. The first-order valence-corrected chi connectivity index (χ1v) is 17.2. The van der Waals surface area contributed by atoms with Gasteiger partial charge in [-0.2, -0.15) is 16.8 Å². The maximum absolute atomic E-state index is 12.2. The van der Waals surface area contributed by atoms with Gasteiger partial charge in [0.05, 0.1) is 34.0 Å². The van der Waals surface area contributed by atoms with Crippen LogP contribution in [0.15, 0.2) is 134 Å². The van der Waals surface area contributed by atoms with Crippen LogP contribution in [-0.2, 0) is 29.6 Å². The van der Waals surface area contributed by atoms with Crippen LogP contribution in [0, 0.1) is 6.92 Å². The minimum absolute atomic E-state index is 0.0549. The fourth-order valence-corrected chi connectivity index (χ4v) is 6.35. The maximum Gasteiger partial charge on any atom is 0.296 e. The molecule has 4 aromatic carbocycles. The molecule has 0 saturated heterocycles. The molecule has 0 atom stereocenters. The summed E-state index contributed by atoms with van der Waals surface area (Å²) in [5, 5.41) is 15.4. The van der Waals surface area contributed by atoms with Crippen molar-refractivity contribution in [2.24, 2.45) is 4.99 Å². The van der Waals surface area contributed by atoms with Crippen molar-refractivity contribution < 1.29 is 40.6 Å². The van der Waals surface area contributed by atoms with Gasteiger partial charge in [0.2, 0.25) is 0 Å². The van der Waals surface area contributed by atoms with E-state index in [1.54, 1.807) is 55.5 Å². The zero-order valence-corrected chi connectivity index (χ0v) is 26.9. The van der Waals surface area contributed by atoms with Gasteiger partial charge in [-0.05, 0) is 114 Å². The monoisotopic (exact) mass is 693 g/mol. The zero-order valence-electron chi connectivity index (χ0n) is 24.4. The average molecular weight is 694 g/mol. The van der Waals surface area contributed by atoms with Crippen LogP contribution in [0.3, 0.4) is 0 Å². The highest BCUT2D eigenvalue weighted by Crippen LogP contribution is 2.35. The Morgan fingerprint density at radius 1 is 0.809 bits per heavy atom.